The molecule has 1 atom stereocenters. The molecule has 2 aliphatic rings. The molecule has 0 aliphatic carbocycles. The SMILES string of the molecule is Fc1ccccc1NC1CCOC2(CCSCC2)C1. The van der Waals surface area contributed by atoms with E-state index in [2.05, 4.69) is 5.32 Å². The molecule has 2 heterocycles. The summed E-state index contributed by atoms with van der Waals surface area (Å²) in [4.78, 5) is 0. The van der Waals surface area contributed by atoms with Crippen molar-refractivity contribution in [1.82, 2.24) is 0 Å². The van der Waals surface area contributed by atoms with Crippen LogP contribution in [0.5, 0.6) is 0 Å². The van der Waals surface area contributed by atoms with Crippen LogP contribution in [0.15, 0.2) is 24.3 Å². The molecule has 1 unspecified atom stereocenters. The Morgan fingerprint density at radius 2 is 2.05 bits per heavy atom. The third kappa shape index (κ3) is 3.06. The Morgan fingerprint density at radius 3 is 2.84 bits per heavy atom. The van der Waals surface area contributed by atoms with Gasteiger partial charge in [-0.2, -0.15) is 11.8 Å². The van der Waals surface area contributed by atoms with E-state index in [1.807, 2.05) is 23.9 Å². The molecule has 1 aromatic carbocycles. The van der Waals surface area contributed by atoms with Crippen LogP contribution < -0.4 is 5.32 Å². The molecule has 1 aromatic rings. The summed E-state index contributed by atoms with van der Waals surface area (Å²) in [6.45, 7) is 0.788. The van der Waals surface area contributed by atoms with Gasteiger partial charge < -0.3 is 10.1 Å². The maximum atomic E-state index is 13.7. The fraction of sp³-hybridized carbons (Fsp3) is 0.600. The Hall–Kier alpha value is -0.740. The number of nitrogens with one attached hydrogen (secondary N) is 1. The van der Waals surface area contributed by atoms with Crippen molar-refractivity contribution in [3.8, 4) is 0 Å². The maximum Gasteiger partial charge on any atom is 0.146 e. The molecule has 2 nitrogen and oxygen atoms in total. The normalized spacial score (nSPS) is 26.3. The highest BCUT2D eigenvalue weighted by atomic mass is 32.2. The van der Waals surface area contributed by atoms with E-state index >= 15 is 0 Å². The number of anilines is 1. The molecule has 2 saturated heterocycles. The van der Waals surface area contributed by atoms with E-state index in [-0.39, 0.29) is 11.4 Å². The lowest BCUT2D eigenvalue weighted by atomic mass is 9.85. The van der Waals surface area contributed by atoms with Crippen LogP contribution >= 0.6 is 11.8 Å². The van der Waals surface area contributed by atoms with Crippen LogP contribution in [0.1, 0.15) is 25.7 Å². The zero-order valence-electron chi connectivity index (χ0n) is 11.0. The minimum Gasteiger partial charge on any atom is -0.380 e. The molecular weight excluding hydrogens is 261 g/mol. The minimum absolute atomic E-state index is 0.0480. The first-order chi connectivity index (χ1) is 9.27. The monoisotopic (exact) mass is 281 g/mol. The van der Waals surface area contributed by atoms with Gasteiger partial charge in [0.15, 0.2) is 0 Å². The Bertz CT molecular complexity index is 428. The zero-order chi connectivity index (χ0) is 13.1. The second kappa shape index (κ2) is 5.71. The van der Waals surface area contributed by atoms with E-state index in [0.717, 1.165) is 32.3 Å². The summed E-state index contributed by atoms with van der Waals surface area (Å²) in [5, 5.41) is 3.36. The molecule has 0 aromatic heterocycles. The Kier molecular flexibility index (Phi) is 3.99. The number of ether oxygens (including phenoxy) is 1. The standard InChI is InChI=1S/C15H20FNOS/c16-13-3-1-2-4-14(13)17-12-5-8-18-15(11-12)6-9-19-10-7-15/h1-4,12,17H,5-11H2. The molecule has 0 saturated carbocycles. The molecule has 0 radical (unpaired) electrons. The van der Waals surface area contributed by atoms with Crippen LogP contribution in [0.4, 0.5) is 10.1 Å². The first-order valence-electron chi connectivity index (χ1n) is 7.00. The molecule has 1 spiro atoms. The number of thioether (sulfide) groups is 1. The largest absolute Gasteiger partial charge is 0.380 e. The summed E-state index contributed by atoms with van der Waals surface area (Å²) in [5.74, 6) is 2.21. The van der Waals surface area contributed by atoms with Gasteiger partial charge in [-0.15, -0.1) is 0 Å². The average molecular weight is 281 g/mol. The topological polar surface area (TPSA) is 21.3 Å². The first-order valence-corrected chi connectivity index (χ1v) is 8.16. The number of hydrogen-bond acceptors (Lipinski definition) is 3. The smallest absolute Gasteiger partial charge is 0.146 e. The number of rotatable bonds is 2. The number of para-hydroxylation sites is 1. The highest BCUT2D eigenvalue weighted by Gasteiger charge is 2.38. The van der Waals surface area contributed by atoms with Gasteiger partial charge >= 0.3 is 0 Å². The Morgan fingerprint density at radius 1 is 1.26 bits per heavy atom. The van der Waals surface area contributed by atoms with Crippen LogP contribution in [-0.4, -0.2) is 29.8 Å². The predicted octanol–water partition coefficient (Wildman–Crippen LogP) is 3.68. The summed E-state index contributed by atoms with van der Waals surface area (Å²) >= 11 is 2.01. The summed E-state index contributed by atoms with van der Waals surface area (Å²) in [5.41, 5.74) is 0.668. The second-order valence-electron chi connectivity index (χ2n) is 5.46. The Labute approximate surface area is 118 Å². The fourth-order valence-corrected chi connectivity index (χ4v) is 4.28. The third-order valence-electron chi connectivity index (χ3n) is 4.13. The maximum absolute atomic E-state index is 13.7. The number of hydrogen-bond donors (Lipinski definition) is 1. The lowest BCUT2D eigenvalue weighted by Gasteiger charge is -2.43. The van der Waals surface area contributed by atoms with Crippen molar-refractivity contribution in [2.75, 3.05) is 23.4 Å². The molecule has 4 heteroatoms. The molecule has 2 aliphatic heterocycles. The second-order valence-corrected chi connectivity index (χ2v) is 6.68. The van der Waals surface area contributed by atoms with E-state index in [1.165, 1.54) is 17.6 Å². The highest BCUT2D eigenvalue weighted by molar-refractivity contribution is 7.99. The van der Waals surface area contributed by atoms with E-state index in [1.54, 1.807) is 6.07 Å². The van der Waals surface area contributed by atoms with Gasteiger partial charge in [-0.3, -0.25) is 0 Å². The molecule has 0 amide bonds. The van der Waals surface area contributed by atoms with Gasteiger partial charge in [0.1, 0.15) is 5.82 Å². The van der Waals surface area contributed by atoms with Crippen LogP contribution in [0.2, 0.25) is 0 Å². The number of halogens is 1. The average Bonchev–Trinajstić information content (AvgIpc) is 2.42. The third-order valence-corrected chi connectivity index (χ3v) is 5.12. The minimum atomic E-state index is -0.165. The van der Waals surface area contributed by atoms with Crippen molar-refractivity contribution in [2.45, 2.75) is 37.3 Å². The summed E-state index contributed by atoms with van der Waals surface area (Å²) < 4.78 is 19.7. The molecule has 0 bridgehead atoms. The zero-order valence-corrected chi connectivity index (χ0v) is 11.8. The van der Waals surface area contributed by atoms with E-state index < -0.39 is 0 Å². The van der Waals surface area contributed by atoms with Crippen LogP contribution in [-0.2, 0) is 4.74 Å². The molecule has 1 N–H and O–H groups in total. The number of benzene rings is 1. The quantitative estimate of drug-likeness (QED) is 0.893. The van der Waals surface area contributed by atoms with Gasteiger partial charge in [0.2, 0.25) is 0 Å². The summed E-state index contributed by atoms with van der Waals surface area (Å²) in [6, 6.07) is 7.25. The molecular formula is C15H20FNOS. The van der Waals surface area contributed by atoms with Gasteiger partial charge in [0.05, 0.1) is 11.3 Å². The summed E-state index contributed by atoms with van der Waals surface area (Å²) in [7, 11) is 0. The lowest BCUT2D eigenvalue weighted by Crippen LogP contribution is -2.46. The van der Waals surface area contributed by atoms with Crippen LogP contribution in [0, 0.1) is 5.82 Å². The Balaban J connectivity index is 1.67. The lowest BCUT2D eigenvalue weighted by molar-refractivity contribution is -0.0865. The van der Waals surface area contributed by atoms with Crippen LogP contribution in [0.25, 0.3) is 0 Å². The van der Waals surface area contributed by atoms with Crippen LogP contribution in [0.3, 0.4) is 0 Å². The van der Waals surface area contributed by atoms with Gasteiger partial charge in [-0.25, -0.2) is 4.39 Å². The van der Waals surface area contributed by atoms with Crippen molar-refractivity contribution in [2.24, 2.45) is 0 Å². The van der Waals surface area contributed by atoms with Gasteiger partial charge in [0.25, 0.3) is 0 Å². The molecule has 104 valence electrons. The van der Waals surface area contributed by atoms with Crippen molar-refractivity contribution in [1.29, 1.82) is 0 Å². The van der Waals surface area contributed by atoms with E-state index in [0.29, 0.717) is 11.7 Å². The summed E-state index contributed by atoms with van der Waals surface area (Å²) in [6.07, 6.45) is 4.23. The van der Waals surface area contributed by atoms with Crippen molar-refractivity contribution < 1.29 is 9.13 Å². The van der Waals surface area contributed by atoms with Gasteiger partial charge in [0, 0.05) is 12.6 Å². The van der Waals surface area contributed by atoms with Gasteiger partial charge in [-0.05, 0) is 49.3 Å². The molecule has 3 rings (SSSR count). The predicted molar refractivity (Wildman–Crippen MR) is 78.3 cm³/mol. The first kappa shape index (κ1) is 13.3. The van der Waals surface area contributed by atoms with Crippen molar-refractivity contribution in [3.63, 3.8) is 0 Å². The fourth-order valence-electron chi connectivity index (χ4n) is 3.04. The van der Waals surface area contributed by atoms with Crippen molar-refractivity contribution >= 4 is 17.4 Å². The van der Waals surface area contributed by atoms with E-state index in [9.17, 15) is 4.39 Å². The van der Waals surface area contributed by atoms with E-state index in [4.69, 9.17) is 4.74 Å². The molecule has 2 fully saturated rings. The van der Waals surface area contributed by atoms with Crippen molar-refractivity contribution in [3.05, 3.63) is 30.1 Å². The molecule has 19 heavy (non-hydrogen) atoms. The highest BCUT2D eigenvalue weighted by Crippen LogP contribution is 2.38. The van der Waals surface area contributed by atoms with Gasteiger partial charge in [-0.1, -0.05) is 12.1 Å².